The molecule has 3 nitrogen and oxygen atoms in total. The van der Waals surface area contributed by atoms with Crippen LogP contribution in [0.1, 0.15) is 0 Å². The van der Waals surface area contributed by atoms with E-state index in [1.807, 2.05) is 0 Å². The summed E-state index contributed by atoms with van der Waals surface area (Å²) in [6, 6.07) is 5.40. The van der Waals surface area contributed by atoms with Gasteiger partial charge >= 0.3 is 6.36 Å². The minimum atomic E-state index is -4.72. The van der Waals surface area contributed by atoms with E-state index in [0.29, 0.717) is 11.3 Å². The van der Waals surface area contributed by atoms with Gasteiger partial charge in [-0.25, -0.2) is 0 Å². The Labute approximate surface area is 103 Å². The molecule has 0 aliphatic rings. The molecule has 0 atom stereocenters. The van der Waals surface area contributed by atoms with E-state index in [0.717, 1.165) is 11.7 Å². The molecule has 0 N–H and O–H groups in total. The van der Waals surface area contributed by atoms with E-state index in [-0.39, 0.29) is 10.9 Å². The third-order valence-corrected chi connectivity index (χ3v) is 2.68. The first-order valence-electron chi connectivity index (χ1n) is 4.30. The van der Waals surface area contributed by atoms with Gasteiger partial charge < -0.3 is 4.74 Å². The largest absolute Gasteiger partial charge is 0.573 e. The number of ether oxygens (including phenoxy) is 1. The van der Waals surface area contributed by atoms with Crippen molar-refractivity contribution < 1.29 is 17.9 Å². The molecule has 1 aromatic heterocycles. The van der Waals surface area contributed by atoms with Crippen molar-refractivity contribution in [2.24, 2.45) is 0 Å². The number of alkyl halides is 3. The second-order valence-corrected chi connectivity index (χ2v) is 3.87. The Morgan fingerprint density at radius 2 is 2.00 bits per heavy atom. The molecule has 0 amide bonds. The van der Waals surface area contributed by atoms with Crippen molar-refractivity contribution in [2.45, 2.75) is 6.36 Å². The van der Waals surface area contributed by atoms with E-state index in [1.165, 1.54) is 18.2 Å². The van der Waals surface area contributed by atoms with Crippen molar-refractivity contribution in [3.8, 4) is 17.0 Å². The summed E-state index contributed by atoms with van der Waals surface area (Å²) in [4.78, 5) is 0. The molecule has 0 radical (unpaired) electrons. The van der Waals surface area contributed by atoms with Crippen LogP contribution in [0.15, 0.2) is 24.3 Å². The van der Waals surface area contributed by atoms with Crippen molar-refractivity contribution in [2.75, 3.05) is 0 Å². The Morgan fingerprint density at radius 3 is 2.59 bits per heavy atom. The zero-order chi connectivity index (χ0) is 12.5. The van der Waals surface area contributed by atoms with Crippen LogP contribution < -0.4 is 4.74 Å². The lowest BCUT2D eigenvalue weighted by atomic mass is 10.1. The topological polar surface area (TPSA) is 35.0 Å². The van der Waals surface area contributed by atoms with Crippen LogP contribution >= 0.6 is 23.3 Å². The van der Waals surface area contributed by atoms with Crippen molar-refractivity contribution in [1.82, 2.24) is 8.75 Å². The Kier molecular flexibility index (Phi) is 3.21. The van der Waals surface area contributed by atoms with Crippen LogP contribution in [-0.2, 0) is 0 Å². The highest BCUT2D eigenvalue weighted by Crippen LogP contribution is 2.30. The van der Waals surface area contributed by atoms with Gasteiger partial charge in [0, 0.05) is 5.56 Å². The van der Waals surface area contributed by atoms with Gasteiger partial charge in [-0.05, 0) is 12.1 Å². The summed E-state index contributed by atoms with van der Waals surface area (Å²) >= 11 is 6.62. The van der Waals surface area contributed by atoms with Gasteiger partial charge in [0.2, 0.25) is 0 Å². The molecular weight excluding hydrogens is 277 g/mol. The first kappa shape index (κ1) is 12.1. The third-order valence-electron chi connectivity index (χ3n) is 1.79. The molecule has 0 saturated carbocycles. The summed E-state index contributed by atoms with van der Waals surface area (Å²) in [5, 5.41) is 0.152. The average molecular weight is 281 g/mol. The van der Waals surface area contributed by atoms with Crippen molar-refractivity contribution >= 4 is 23.3 Å². The van der Waals surface area contributed by atoms with Crippen LogP contribution in [0.4, 0.5) is 13.2 Å². The van der Waals surface area contributed by atoms with Crippen LogP contribution in [0.2, 0.25) is 5.15 Å². The summed E-state index contributed by atoms with van der Waals surface area (Å²) in [6.07, 6.45) is -4.72. The highest BCUT2D eigenvalue weighted by Gasteiger charge is 2.31. The number of rotatable bonds is 2. The molecule has 0 aliphatic carbocycles. The van der Waals surface area contributed by atoms with Gasteiger partial charge in [0.25, 0.3) is 0 Å². The van der Waals surface area contributed by atoms with Gasteiger partial charge in [0.1, 0.15) is 11.4 Å². The highest BCUT2D eigenvalue weighted by atomic mass is 35.5. The molecule has 17 heavy (non-hydrogen) atoms. The Hall–Kier alpha value is -1.34. The van der Waals surface area contributed by atoms with E-state index in [2.05, 4.69) is 13.5 Å². The maximum Gasteiger partial charge on any atom is 0.573 e. The van der Waals surface area contributed by atoms with Crippen molar-refractivity contribution in [3.05, 3.63) is 29.4 Å². The SMILES string of the molecule is FC(F)(F)Oc1cccc(-c2nsnc2Cl)c1. The lowest BCUT2D eigenvalue weighted by Crippen LogP contribution is -2.17. The zero-order valence-corrected chi connectivity index (χ0v) is 9.60. The predicted molar refractivity (Wildman–Crippen MR) is 57.0 cm³/mol. The van der Waals surface area contributed by atoms with Crippen LogP contribution in [0, 0.1) is 0 Å². The molecule has 8 heteroatoms. The fourth-order valence-corrected chi connectivity index (χ4v) is 1.96. The molecule has 2 aromatic rings. The molecule has 90 valence electrons. The molecule has 0 aliphatic heterocycles. The number of benzene rings is 1. The van der Waals surface area contributed by atoms with Gasteiger partial charge in [-0.15, -0.1) is 13.2 Å². The van der Waals surface area contributed by atoms with E-state index < -0.39 is 6.36 Å². The fourth-order valence-electron chi connectivity index (χ4n) is 1.19. The van der Waals surface area contributed by atoms with Crippen molar-refractivity contribution in [3.63, 3.8) is 0 Å². The molecule has 0 fully saturated rings. The number of nitrogens with zero attached hydrogens (tertiary/aromatic N) is 2. The lowest BCUT2D eigenvalue weighted by Gasteiger charge is -2.09. The molecule has 1 heterocycles. The summed E-state index contributed by atoms with van der Waals surface area (Å²) in [6.45, 7) is 0. The van der Waals surface area contributed by atoms with Gasteiger partial charge in [0.15, 0.2) is 5.15 Å². The maximum absolute atomic E-state index is 12.0. The third kappa shape index (κ3) is 3.07. The van der Waals surface area contributed by atoms with Gasteiger partial charge in [-0.3, -0.25) is 0 Å². The molecule has 1 aromatic carbocycles. The zero-order valence-electron chi connectivity index (χ0n) is 8.03. The van der Waals surface area contributed by atoms with Crippen LogP contribution in [0.5, 0.6) is 5.75 Å². The molecule has 0 bridgehead atoms. The summed E-state index contributed by atoms with van der Waals surface area (Å²) < 4.78 is 47.5. The first-order valence-corrected chi connectivity index (χ1v) is 5.41. The van der Waals surface area contributed by atoms with Gasteiger partial charge in [-0.2, -0.15) is 8.75 Å². The average Bonchev–Trinajstić information content (AvgIpc) is 2.62. The second kappa shape index (κ2) is 4.50. The molecular formula is C9H4ClF3N2OS. The van der Waals surface area contributed by atoms with Crippen LogP contribution in [-0.4, -0.2) is 15.1 Å². The minimum absolute atomic E-state index is 0.152. The number of aromatic nitrogens is 2. The first-order chi connectivity index (χ1) is 7.96. The van der Waals surface area contributed by atoms with Crippen molar-refractivity contribution in [1.29, 1.82) is 0 Å². The summed E-state index contributed by atoms with van der Waals surface area (Å²) in [5.74, 6) is -0.320. The predicted octanol–water partition coefficient (Wildman–Crippen LogP) is 3.76. The fraction of sp³-hybridized carbons (Fsp3) is 0.111. The molecule has 0 spiro atoms. The summed E-state index contributed by atoms with van der Waals surface area (Å²) in [5.41, 5.74) is 0.759. The van der Waals surface area contributed by atoms with Gasteiger partial charge in [-0.1, -0.05) is 23.7 Å². The normalized spacial score (nSPS) is 11.5. The maximum atomic E-state index is 12.0. The number of hydrogen-bond donors (Lipinski definition) is 0. The van der Waals surface area contributed by atoms with Gasteiger partial charge in [0.05, 0.1) is 11.7 Å². The Balaban J connectivity index is 2.32. The monoisotopic (exact) mass is 280 g/mol. The minimum Gasteiger partial charge on any atom is -0.406 e. The standard InChI is InChI=1S/C9H4ClF3N2OS/c10-8-7(14-17-15-8)5-2-1-3-6(4-5)16-9(11,12)13/h1-4H. The second-order valence-electron chi connectivity index (χ2n) is 2.98. The van der Waals surface area contributed by atoms with Crippen LogP contribution in [0.3, 0.4) is 0 Å². The van der Waals surface area contributed by atoms with E-state index in [9.17, 15) is 13.2 Å². The number of halogens is 4. The smallest absolute Gasteiger partial charge is 0.406 e. The molecule has 0 unspecified atom stereocenters. The Bertz CT molecular complexity index is 529. The lowest BCUT2D eigenvalue weighted by molar-refractivity contribution is -0.274. The van der Waals surface area contributed by atoms with E-state index in [1.54, 1.807) is 6.07 Å². The summed E-state index contributed by atoms with van der Waals surface area (Å²) in [7, 11) is 0. The van der Waals surface area contributed by atoms with E-state index >= 15 is 0 Å². The van der Waals surface area contributed by atoms with Crippen LogP contribution in [0.25, 0.3) is 11.3 Å². The quantitative estimate of drug-likeness (QED) is 0.840. The van der Waals surface area contributed by atoms with E-state index in [4.69, 9.17) is 11.6 Å². The molecule has 2 rings (SSSR count). The number of hydrogen-bond acceptors (Lipinski definition) is 4. The molecule has 0 saturated heterocycles. The highest BCUT2D eigenvalue weighted by molar-refractivity contribution is 6.99. The Morgan fingerprint density at radius 1 is 1.24 bits per heavy atom.